The van der Waals surface area contributed by atoms with Crippen LogP contribution in [0.5, 0.6) is 0 Å². The van der Waals surface area contributed by atoms with Crippen LogP contribution in [-0.2, 0) is 0 Å². The molecule has 4 atom stereocenters. The molecular formula is C16H14F3NS. The monoisotopic (exact) mass is 309 g/mol. The van der Waals surface area contributed by atoms with E-state index in [0.29, 0.717) is 11.3 Å². The molecule has 0 bridgehead atoms. The highest BCUT2D eigenvalue weighted by molar-refractivity contribution is 7.81. The number of hydrogen-bond acceptors (Lipinski definition) is 2. The van der Waals surface area contributed by atoms with E-state index in [2.05, 4.69) is 12.8 Å². The van der Waals surface area contributed by atoms with E-state index in [-0.39, 0.29) is 5.56 Å². The van der Waals surface area contributed by atoms with Gasteiger partial charge in [-0.3, -0.25) is 0 Å². The van der Waals surface area contributed by atoms with Crippen molar-refractivity contribution < 1.29 is 13.2 Å². The molecule has 110 valence electrons. The smallest absolute Gasteiger partial charge is 0.169 e. The van der Waals surface area contributed by atoms with Crippen LogP contribution in [0, 0.1) is 0 Å². The molecule has 0 saturated heterocycles. The molecule has 5 heteroatoms. The second-order valence-electron chi connectivity index (χ2n) is 5.04. The number of halogens is 3. The van der Waals surface area contributed by atoms with Crippen molar-refractivity contribution in [3.63, 3.8) is 0 Å². The fourth-order valence-electron chi connectivity index (χ4n) is 2.72. The highest BCUT2D eigenvalue weighted by Gasteiger charge is 2.46. The van der Waals surface area contributed by atoms with Gasteiger partial charge < -0.3 is 4.31 Å². The predicted octanol–water partition coefficient (Wildman–Crippen LogP) is 4.78. The van der Waals surface area contributed by atoms with E-state index < -0.39 is 24.6 Å². The van der Waals surface area contributed by atoms with Crippen LogP contribution in [-0.4, -0.2) is 12.3 Å². The minimum atomic E-state index is -2.19. The molecule has 1 aliphatic rings. The number of anilines is 1. The Morgan fingerprint density at radius 1 is 0.762 bits per heavy atom. The summed E-state index contributed by atoms with van der Waals surface area (Å²) in [7, 11) is 0. The van der Waals surface area contributed by atoms with Crippen molar-refractivity contribution in [2.45, 2.75) is 24.6 Å². The van der Waals surface area contributed by atoms with Crippen molar-refractivity contribution in [1.82, 2.24) is 0 Å². The van der Waals surface area contributed by atoms with Gasteiger partial charge in [-0.25, -0.2) is 13.2 Å². The quantitative estimate of drug-likeness (QED) is 0.781. The molecule has 0 radical (unpaired) electrons. The average molecular weight is 309 g/mol. The Labute approximate surface area is 126 Å². The summed E-state index contributed by atoms with van der Waals surface area (Å²) in [5, 5.41) is 0. The molecule has 0 N–H and O–H groups in total. The maximum Gasteiger partial charge on any atom is 0.169 e. The normalized spacial score (nSPS) is 28.0. The molecular weight excluding hydrogens is 295 g/mol. The molecule has 0 amide bonds. The molecule has 0 fully saturated rings. The molecule has 0 aliphatic heterocycles. The first-order valence-electron chi connectivity index (χ1n) is 6.65. The largest absolute Gasteiger partial charge is 0.308 e. The SMILES string of the molecule is FC1c2ccccc2C(N(S)c2ccccc2)C(F)C1F. The minimum absolute atomic E-state index is 0.193. The first-order chi connectivity index (χ1) is 10.1. The van der Waals surface area contributed by atoms with Gasteiger partial charge in [0.25, 0.3) is 0 Å². The number of rotatable bonds is 2. The zero-order valence-electron chi connectivity index (χ0n) is 11.0. The molecule has 2 aromatic rings. The van der Waals surface area contributed by atoms with E-state index >= 15 is 0 Å². The Bertz CT molecular complexity index is 622. The zero-order chi connectivity index (χ0) is 15.0. The number of nitrogens with zero attached hydrogens (tertiary/aromatic N) is 1. The highest BCUT2D eigenvalue weighted by atomic mass is 32.1. The van der Waals surface area contributed by atoms with Crippen molar-refractivity contribution >= 4 is 18.5 Å². The molecule has 2 aromatic carbocycles. The van der Waals surface area contributed by atoms with E-state index in [1.165, 1.54) is 10.4 Å². The molecule has 21 heavy (non-hydrogen) atoms. The lowest BCUT2D eigenvalue weighted by Crippen LogP contribution is -2.41. The van der Waals surface area contributed by atoms with Gasteiger partial charge >= 0.3 is 0 Å². The Morgan fingerprint density at radius 3 is 2.00 bits per heavy atom. The second-order valence-corrected chi connectivity index (χ2v) is 5.48. The van der Waals surface area contributed by atoms with Gasteiger partial charge in [-0.05, 0) is 23.3 Å². The van der Waals surface area contributed by atoms with E-state index in [1.54, 1.807) is 42.5 Å². The number of para-hydroxylation sites is 1. The van der Waals surface area contributed by atoms with Crippen molar-refractivity contribution in [2.75, 3.05) is 4.31 Å². The Morgan fingerprint density at radius 2 is 1.33 bits per heavy atom. The zero-order valence-corrected chi connectivity index (χ0v) is 11.9. The highest BCUT2D eigenvalue weighted by Crippen LogP contribution is 2.46. The van der Waals surface area contributed by atoms with E-state index in [9.17, 15) is 13.2 Å². The fourth-order valence-corrected chi connectivity index (χ4v) is 3.10. The van der Waals surface area contributed by atoms with Crippen LogP contribution in [0.25, 0.3) is 0 Å². The third-order valence-corrected chi connectivity index (χ3v) is 4.26. The van der Waals surface area contributed by atoms with Gasteiger partial charge in [-0.15, -0.1) is 0 Å². The van der Waals surface area contributed by atoms with Crippen molar-refractivity contribution in [1.29, 1.82) is 0 Å². The van der Waals surface area contributed by atoms with Crippen LogP contribution in [0.15, 0.2) is 54.6 Å². The number of hydrogen-bond donors (Lipinski definition) is 1. The van der Waals surface area contributed by atoms with Gasteiger partial charge in [0.2, 0.25) is 0 Å². The lowest BCUT2D eigenvalue weighted by molar-refractivity contribution is 0.0548. The lowest BCUT2D eigenvalue weighted by atomic mass is 9.83. The summed E-state index contributed by atoms with van der Waals surface area (Å²) in [6, 6.07) is 14.4. The summed E-state index contributed by atoms with van der Waals surface area (Å²) in [5.41, 5.74) is 1.26. The Hall–Kier alpha value is -1.62. The number of alkyl halides is 3. The first kappa shape index (κ1) is 14.3. The average Bonchev–Trinajstić information content (AvgIpc) is 2.53. The van der Waals surface area contributed by atoms with Crippen molar-refractivity contribution in [3.8, 4) is 0 Å². The summed E-state index contributed by atoms with van der Waals surface area (Å²) < 4.78 is 43.7. The lowest BCUT2D eigenvalue weighted by Gasteiger charge is -2.38. The first-order valence-corrected chi connectivity index (χ1v) is 7.05. The van der Waals surface area contributed by atoms with Crippen molar-refractivity contribution in [2.24, 2.45) is 0 Å². The van der Waals surface area contributed by atoms with Gasteiger partial charge in [-0.2, -0.15) is 0 Å². The topological polar surface area (TPSA) is 3.24 Å². The summed E-state index contributed by atoms with van der Waals surface area (Å²) in [4.78, 5) is 0. The van der Waals surface area contributed by atoms with E-state index in [1.807, 2.05) is 6.07 Å². The van der Waals surface area contributed by atoms with E-state index in [4.69, 9.17) is 0 Å². The number of benzene rings is 2. The minimum Gasteiger partial charge on any atom is -0.308 e. The summed E-state index contributed by atoms with van der Waals surface area (Å²) in [6.07, 6.45) is -6.11. The van der Waals surface area contributed by atoms with Gasteiger partial charge in [0.1, 0.15) is 0 Å². The van der Waals surface area contributed by atoms with Crippen LogP contribution in [0.3, 0.4) is 0 Å². The molecule has 0 heterocycles. The third kappa shape index (κ3) is 2.39. The van der Waals surface area contributed by atoms with Crippen LogP contribution < -0.4 is 4.31 Å². The predicted molar refractivity (Wildman–Crippen MR) is 80.7 cm³/mol. The van der Waals surface area contributed by atoms with Crippen LogP contribution in [0.4, 0.5) is 18.9 Å². The van der Waals surface area contributed by atoms with E-state index in [0.717, 1.165) is 0 Å². The molecule has 3 rings (SSSR count). The Kier molecular flexibility index (Phi) is 3.85. The van der Waals surface area contributed by atoms with Gasteiger partial charge in [0.15, 0.2) is 18.5 Å². The van der Waals surface area contributed by atoms with Gasteiger partial charge in [-0.1, -0.05) is 55.3 Å². The van der Waals surface area contributed by atoms with Crippen LogP contribution in [0.2, 0.25) is 0 Å². The maximum absolute atomic E-state index is 14.4. The van der Waals surface area contributed by atoms with Crippen LogP contribution >= 0.6 is 12.8 Å². The molecule has 0 spiro atoms. The molecule has 1 aliphatic carbocycles. The molecule has 0 saturated carbocycles. The molecule has 1 nitrogen and oxygen atoms in total. The van der Waals surface area contributed by atoms with Gasteiger partial charge in [0.05, 0.1) is 6.04 Å². The van der Waals surface area contributed by atoms with Crippen molar-refractivity contribution in [3.05, 3.63) is 65.7 Å². The third-order valence-electron chi connectivity index (χ3n) is 3.78. The standard InChI is InChI=1S/C16H14F3NS/c17-13-11-8-4-5-9-12(11)16(15(19)14(13)18)20(21)10-6-2-1-3-7-10/h1-9,13-16,21H. The summed E-state index contributed by atoms with van der Waals surface area (Å²) >= 11 is 4.32. The van der Waals surface area contributed by atoms with Gasteiger partial charge in [0, 0.05) is 5.69 Å². The number of thiol groups is 1. The maximum atomic E-state index is 14.4. The summed E-state index contributed by atoms with van der Waals surface area (Å²) in [6.45, 7) is 0. The van der Waals surface area contributed by atoms with Crippen LogP contribution in [0.1, 0.15) is 23.3 Å². The summed E-state index contributed by atoms with van der Waals surface area (Å²) in [5.74, 6) is 0. The Balaban J connectivity index is 2.06. The second kappa shape index (κ2) is 5.64. The fraction of sp³-hybridized carbons (Fsp3) is 0.250. The molecule has 4 unspecified atom stereocenters. The number of fused-ring (bicyclic) bond motifs is 1. The molecule has 0 aromatic heterocycles.